The molecule has 2 rings (SSSR count). The molecule has 4 nitrogen and oxygen atoms in total. The summed E-state index contributed by atoms with van der Waals surface area (Å²) in [7, 11) is 2.08. The second-order valence-corrected chi connectivity index (χ2v) is 6.57. The predicted molar refractivity (Wildman–Crippen MR) is 87.1 cm³/mol. The number of nitrogens with one attached hydrogen (secondary N) is 1. The van der Waals surface area contributed by atoms with Crippen LogP contribution in [0.15, 0.2) is 6.20 Å². The molecule has 120 valence electrons. The Hall–Kier alpha value is -0.900. The summed E-state index contributed by atoms with van der Waals surface area (Å²) in [5.74, 6) is 1.71. The van der Waals surface area contributed by atoms with Crippen molar-refractivity contribution >= 4 is 0 Å². The van der Waals surface area contributed by atoms with E-state index in [4.69, 9.17) is 0 Å². The maximum Gasteiger partial charge on any atom is 0.0759 e. The molecule has 0 aliphatic heterocycles. The zero-order valence-electron chi connectivity index (χ0n) is 14.0. The van der Waals surface area contributed by atoms with Gasteiger partial charge in [-0.2, -0.15) is 0 Å². The fourth-order valence-electron chi connectivity index (χ4n) is 3.82. The highest BCUT2D eigenvalue weighted by atomic mass is 15.4. The van der Waals surface area contributed by atoms with Crippen molar-refractivity contribution < 1.29 is 0 Å². The van der Waals surface area contributed by atoms with Crippen LogP contribution in [0.5, 0.6) is 0 Å². The molecule has 1 saturated carbocycles. The fraction of sp³-hybridized carbons (Fsp3) is 0.882. The number of hydrogen-bond acceptors (Lipinski definition) is 3. The summed E-state index contributed by atoms with van der Waals surface area (Å²) in [6.07, 6.45) is 12.7. The lowest BCUT2D eigenvalue weighted by molar-refractivity contribution is 0.212. The van der Waals surface area contributed by atoms with Gasteiger partial charge in [-0.05, 0) is 38.1 Å². The minimum Gasteiger partial charge on any atom is -0.311 e. The zero-order valence-corrected chi connectivity index (χ0v) is 14.0. The Morgan fingerprint density at radius 1 is 1.24 bits per heavy atom. The lowest BCUT2D eigenvalue weighted by Gasteiger charge is -2.33. The standard InChI is InChI=1S/C17H32N4/c1-4-6-7-14-8-10-15(11-9-14)17(18-3)16-13-19-20-21(16)12-5-2/h13-15,17-18H,4-12H2,1-3H3. The Kier molecular flexibility index (Phi) is 6.68. The van der Waals surface area contributed by atoms with E-state index in [1.54, 1.807) is 0 Å². The number of aryl methyl sites for hydroxylation is 1. The normalized spacial score (nSPS) is 24.1. The van der Waals surface area contributed by atoms with Crippen LogP contribution in [-0.4, -0.2) is 22.0 Å². The van der Waals surface area contributed by atoms with Crippen molar-refractivity contribution in [1.29, 1.82) is 0 Å². The van der Waals surface area contributed by atoms with E-state index in [1.807, 2.05) is 6.20 Å². The summed E-state index contributed by atoms with van der Waals surface area (Å²) in [4.78, 5) is 0. The highest BCUT2D eigenvalue weighted by molar-refractivity contribution is 5.05. The van der Waals surface area contributed by atoms with Crippen LogP contribution in [0.25, 0.3) is 0 Å². The van der Waals surface area contributed by atoms with Gasteiger partial charge in [-0.1, -0.05) is 51.2 Å². The first-order chi connectivity index (χ1) is 10.3. The number of nitrogens with zero attached hydrogens (tertiary/aromatic N) is 3. The van der Waals surface area contributed by atoms with E-state index in [1.165, 1.54) is 50.6 Å². The minimum atomic E-state index is 0.415. The molecule has 1 aliphatic carbocycles. The smallest absolute Gasteiger partial charge is 0.0759 e. The van der Waals surface area contributed by atoms with Crippen LogP contribution >= 0.6 is 0 Å². The van der Waals surface area contributed by atoms with E-state index >= 15 is 0 Å². The van der Waals surface area contributed by atoms with Crippen molar-refractivity contribution in [3.63, 3.8) is 0 Å². The Morgan fingerprint density at radius 3 is 2.62 bits per heavy atom. The van der Waals surface area contributed by atoms with E-state index < -0.39 is 0 Å². The first-order valence-electron chi connectivity index (χ1n) is 8.85. The van der Waals surface area contributed by atoms with Crippen LogP contribution in [0.2, 0.25) is 0 Å². The van der Waals surface area contributed by atoms with Crippen LogP contribution in [0, 0.1) is 11.8 Å². The van der Waals surface area contributed by atoms with E-state index in [9.17, 15) is 0 Å². The molecule has 1 fully saturated rings. The molecular weight excluding hydrogens is 260 g/mol. The number of rotatable bonds is 8. The molecule has 1 N–H and O–H groups in total. The van der Waals surface area contributed by atoms with Gasteiger partial charge in [0.05, 0.1) is 17.9 Å². The molecule has 1 aromatic heterocycles. The van der Waals surface area contributed by atoms with E-state index in [-0.39, 0.29) is 0 Å². The van der Waals surface area contributed by atoms with Gasteiger partial charge in [-0.25, -0.2) is 4.68 Å². The Balaban J connectivity index is 1.94. The van der Waals surface area contributed by atoms with Gasteiger partial charge in [-0.3, -0.25) is 0 Å². The second-order valence-electron chi connectivity index (χ2n) is 6.57. The van der Waals surface area contributed by atoms with E-state index in [0.717, 1.165) is 24.8 Å². The van der Waals surface area contributed by atoms with Crippen LogP contribution in [0.1, 0.15) is 76.9 Å². The van der Waals surface area contributed by atoms with Gasteiger partial charge < -0.3 is 5.32 Å². The summed E-state index contributed by atoms with van der Waals surface area (Å²) in [5.41, 5.74) is 1.27. The SMILES string of the molecule is CCCCC1CCC(C(NC)c2cnnn2CCC)CC1. The largest absolute Gasteiger partial charge is 0.311 e. The van der Waals surface area contributed by atoms with Crippen molar-refractivity contribution in [3.8, 4) is 0 Å². The molecule has 0 bridgehead atoms. The summed E-state index contributed by atoms with van der Waals surface area (Å²) in [6.45, 7) is 5.46. The van der Waals surface area contributed by atoms with Gasteiger partial charge in [-0.15, -0.1) is 5.10 Å². The molecular formula is C17H32N4. The van der Waals surface area contributed by atoms with Crippen molar-refractivity contribution in [1.82, 2.24) is 20.3 Å². The summed E-state index contributed by atoms with van der Waals surface area (Å²) >= 11 is 0. The summed E-state index contributed by atoms with van der Waals surface area (Å²) in [5, 5.41) is 11.9. The number of aromatic nitrogens is 3. The van der Waals surface area contributed by atoms with Crippen molar-refractivity contribution in [2.75, 3.05) is 7.05 Å². The lowest BCUT2D eigenvalue weighted by Crippen LogP contribution is -2.30. The molecule has 0 spiro atoms. The van der Waals surface area contributed by atoms with Crippen molar-refractivity contribution in [2.45, 2.75) is 77.8 Å². The summed E-state index contributed by atoms with van der Waals surface area (Å²) < 4.78 is 2.09. The van der Waals surface area contributed by atoms with Gasteiger partial charge in [0, 0.05) is 6.54 Å². The molecule has 1 aromatic rings. The number of hydrogen-bond donors (Lipinski definition) is 1. The molecule has 1 heterocycles. The highest BCUT2D eigenvalue weighted by Crippen LogP contribution is 2.38. The summed E-state index contributed by atoms with van der Waals surface area (Å²) in [6, 6.07) is 0.415. The molecule has 0 amide bonds. The van der Waals surface area contributed by atoms with Gasteiger partial charge in [0.25, 0.3) is 0 Å². The average molecular weight is 292 g/mol. The molecule has 0 aromatic carbocycles. The molecule has 4 heteroatoms. The molecule has 0 saturated heterocycles. The van der Waals surface area contributed by atoms with E-state index in [0.29, 0.717) is 6.04 Å². The first-order valence-corrected chi connectivity index (χ1v) is 8.85. The van der Waals surface area contributed by atoms with Crippen molar-refractivity contribution in [3.05, 3.63) is 11.9 Å². The third-order valence-electron chi connectivity index (χ3n) is 5.04. The monoisotopic (exact) mass is 292 g/mol. The highest BCUT2D eigenvalue weighted by Gasteiger charge is 2.29. The fourth-order valence-corrected chi connectivity index (χ4v) is 3.82. The Labute approximate surface area is 129 Å². The lowest BCUT2D eigenvalue weighted by atomic mass is 9.76. The zero-order chi connectivity index (χ0) is 15.1. The Morgan fingerprint density at radius 2 is 2.00 bits per heavy atom. The third-order valence-corrected chi connectivity index (χ3v) is 5.04. The minimum absolute atomic E-state index is 0.415. The second kappa shape index (κ2) is 8.52. The van der Waals surface area contributed by atoms with Crippen LogP contribution < -0.4 is 5.32 Å². The van der Waals surface area contributed by atoms with Gasteiger partial charge in [0.2, 0.25) is 0 Å². The maximum atomic E-state index is 4.25. The average Bonchev–Trinajstić information content (AvgIpc) is 2.96. The molecule has 1 aliphatic rings. The predicted octanol–water partition coefficient (Wildman–Crippen LogP) is 3.95. The maximum absolute atomic E-state index is 4.25. The topological polar surface area (TPSA) is 42.7 Å². The molecule has 0 radical (unpaired) electrons. The molecule has 1 atom stereocenters. The van der Waals surface area contributed by atoms with Crippen LogP contribution in [0.3, 0.4) is 0 Å². The number of unbranched alkanes of at least 4 members (excludes halogenated alkanes) is 1. The van der Waals surface area contributed by atoms with Gasteiger partial charge in [0.1, 0.15) is 0 Å². The third kappa shape index (κ3) is 4.29. The van der Waals surface area contributed by atoms with Crippen LogP contribution in [-0.2, 0) is 6.54 Å². The van der Waals surface area contributed by atoms with Gasteiger partial charge in [0.15, 0.2) is 0 Å². The van der Waals surface area contributed by atoms with Crippen LogP contribution in [0.4, 0.5) is 0 Å². The molecule has 1 unspecified atom stereocenters. The van der Waals surface area contributed by atoms with Gasteiger partial charge >= 0.3 is 0 Å². The first kappa shape index (κ1) is 16.5. The molecule has 21 heavy (non-hydrogen) atoms. The quantitative estimate of drug-likeness (QED) is 0.789. The van der Waals surface area contributed by atoms with E-state index in [2.05, 4.69) is 41.2 Å². The Bertz CT molecular complexity index is 393. The van der Waals surface area contributed by atoms with Crippen molar-refractivity contribution in [2.24, 2.45) is 11.8 Å².